The van der Waals surface area contributed by atoms with E-state index in [2.05, 4.69) is 14.7 Å². The number of aromatic nitrogens is 2. The lowest BCUT2D eigenvalue weighted by Crippen LogP contribution is -2.25. The van der Waals surface area contributed by atoms with Crippen molar-refractivity contribution in [3.8, 4) is 0 Å². The topological polar surface area (TPSA) is 55.3 Å². The number of rotatable bonds is 4. The molecule has 0 saturated carbocycles. The van der Waals surface area contributed by atoms with Crippen LogP contribution in [-0.2, 0) is 4.74 Å². The van der Waals surface area contributed by atoms with E-state index in [1.807, 2.05) is 0 Å². The van der Waals surface area contributed by atoms with Gasteiger partial charge in [0.25, 0.3) is 6.43 Å². The molecule has 1 rings (SSSR count). The highest BCUT2D eigenvalue weighted by molar-refractivity contribution is 5.86. The zero-order valence-electron chi connectivity index (χ0n) is 8.85. The van der Waals surface area contributed by atoms with E-state index in [9.17, 15) is 13.6 Å². The summed E-state index contributed by atoms with van der Waals surface area (Å²) >= 11 is 0. The zero-order chi connectivity index (χ0) is 12.1. The number of esters is 1. The van der Waals surface area contributed by atoms with Crippen molar-refractivity contribution in [3.05, 3.63) is 18.1 Å². The molecule has 0 radical (unpaired) electrons. The number of carbonyl (C=O) groups is 1. The van der Waals surface area contributed by atoms with Gasteiger partial charge in [0.05, 0.1) is 26.0 Å². The van der Waals surface area contributed by atoms with E-state index in [1.54, 1.807) is 0 Å². The van der Waals surface area contributed by atoms with Gasteiger partial charge in [-0.3, -0.25) is 0 Å². The molecule has 0 amide bonds. The van der Waals surface area contributed by atoms with Gasteiger partial charge in [-0.05, 0) is 0 Å². The fourth-order valence-electron chi connectivity index (χ4n) is 1.03. The molecule has 88 valence electrons. The number of anilines is 1. The molecule has 0 spiro atoms. The van der Waals surface area contributed by atoms with Crippen LogP contribution in [0, 0.1) is 0 Å². The molecule has 0 unspecified atom stereocenters. The van der Waals surface area contributed by atoms with Crippen LogP contribution in [0.15, 0.2) is 12.4 Å². The molecular weight excluding hydrogens is 220 g/mol. The molecule has 0 aliphatic heterocycles. The van der Waals surface area contributed by atoms with E-state index in [1.165, 1.54) is 31.5 Å². The van der Waals surface area contributed by atoms with Crippen LogP contribution in [0.5, 0.6) is 0 Å². The molecule has 5 nitrogen and oxygen atoms in total. The summed E-state index contributed by atoms with van der Waals surface area (Å²) < 4.78 is 28.6. The van der Waals surface area contributed by atoms with Gasteiger partial charge in [-0.25, -0.2) is 23.5 Å². The smallest absolute Gasteiger partial charge is 0.358 e. The van der Waals surface area contributed by atoms with E-state index in [0.717, 1.165) is 0 Å². The number of halogens is 2. The number of hydrogen-bond donors (Lipinski definition) is 0. The molecule has 7 heteroatoms. The predicted octanol–water partition coefficient (Wildman–Crippen LogP) is 0.964. The van der Waals surface area contributed by atoms with Crippen LogP contribution < -0.4 is 4.90 Å². The number of alkyl halides is 2. The minimum atomic E-state index is -2.45. The van der Waals surface area contributed by atoms with E-state index in [4.69, 9.17) is 0 Å². The summed E-state index contributed by atoms with van der Waals surface area (Å²) in [6.45, 7) is -0.438. The monoisotopic (exact) mass is 231 g/mol. The predicted molar refractivity (Wildman–Crippen MR) is 52.6 cm³/mol. The van der Waals surface area contributed by atoms with Gasteiger partial charge in [0, 0.05) is 7.05 Å². The Balaban J connectivity index is 2.74. The molecule has 16 heavy (non-hydrogen) atoms. The van der Waals surface area contributed by atoms with Gasteiger partial charge in [0.15, 0.2) is 5.69 Å². The Hall–Kier alpha value is -1.79. The van der Waals surface area contributed by atoms with Crippen molar-refractivity contribution in [3.63, 3.8) is 0 Å². The second-order valence-electron chi connectivity index (χ2n) is 3.02. The van der Waals surface area contributed by atoms with Gasteiger partial charge in [-0.2, -0.15) is 0 Å². The van der Waals surface area contributed by atoms with Gasteiger partial charge < -0.3 is 9.64 Å². The zero-order valence-corrected chi connectivity index (χ0v) is 8.85. The Morgan fingerprint density at radius 2 is 2.19 bits per heavy atom. The summed E-state index contributed by atoms with van der Waals surface area (Å²) in [5, 5.41) is 0. The van der Waals surface area contributed by atoms with Crippen LogP contribution in [-0.4, -0.2) is 43.1 Å². The molecule has 1 aromatic heterocycles. The van der Waals surface area contributed by atoms with Crippen molar-refractivity contribution in [2.75, 3.05) is 25.6 Å². The lowest BCUT2D eigenvalue weighted by atomic mass is 10.4. The third kappa shape index (κ3) is 3.11. The second-order valence-corrected chi connectivity index (χ2v) is 3.02. The Bertz CT molecular complexity index is 356. The molecule has 0 atom stereocenters. The largest absolute Gasteiger partial charge is 0.464 e. The maximum absolute atomic E-state index is 12.1. The Morgan fingerprint density at radius 1 is 1.50 bits per heavy atom. The summed E-state index contributed by atoms with van der Waals surface area (Å²) in [4.78, 5) is 19.8. The third-order valence-corrected chi connectivity index (χ3v) is 1.84. The van der Waals surface area contributed by atoms with E-state index in [-0.39, 0.29) is 11.5 Å². The molecule has 0 saturated heterocycles. The first-order valence-corrected chi connectivity index (χ1v) is 4.44. The van der Waals surface area contributed by atoms with Crippen LogP contribution >= 0.6 is 0 Å². The lowest BCUT2D eigenvalue weighted by molar-refractivity contribution is 0.0593. The van der Waals surface area contributed by atoms with Crippen molar-refractivity contribution in [2.45, 2.75) is 6.43 Å². The highest BCUT2D eigenvalue weighted by atomic mass is 19.3. The van der Waals surface area contributed by atoms with Crippen molar-refractivity contribution in [1.82, 2.24) is 9.97 Å². The number of nitrogens with zero attached hydrogens (tertiary/aromatic N) is 3. The highest BCUT2D eigenvalue weighted by Crippen LogP contribution is 2.09. The first-order valence-electron chi connectivity index (χ1n) is 4.44. The molecule has 1 aromatic rings. The van der Waals surface area contributed by atoms with Crippen LogP contribution in [0.1, 0.15) is 10.5 Å². The quantitative estimate of drug-likeness (QED) is 0.722. The minimum Gasteiger partial charge on any atom is -0.464 e. The SMILES string of the molecule is COC(=O)c1cnc(N(C)CC(F)F)cn1. The summed E-state index contributed by atoms with van der Waals surface area (Å²) in [7, 11) is 2.69. The molecule has 0 fully saturated rings. The van der Waals surface area contributed by atoms with Gasteiger partial charge in [-0.15, -0.1) is 0 Å². The first-order chi connectivity index (χ1) is 7.54. The standard InChI is InChI=1S/C9H11F2N3O2/c1-14(5-7(10)11)8-4-12-6(3-13-8)9(15)16-2/h3-4,7H,5H2,1-2H3. The van der Waals surface area contributed by atoms with E-state index < -0.39 is 18.9 Å². The minimum absolute atomic E-state index is 0.0386. The summed E-state index contributed by atoms with van der Waals surface area (Å²) in [5.74, 6) is -0.344. The molecule has 1 heterocycles. The molecular formula is C9H11F2N3O2. The second kappa shape index (κ2) is 5.34. The summed E-state index contributed by atoms with van der Waals surface area (Å²) in [6, 6.07) is 0. The summed E-state index contributed by atoms with van der Waals surface area (Å²) in [6.07, 6.45) is -0.0234. The van der Waals surface area contributed by atoms with Gasteiger partial charge in [0.2, 0.25) is 0 Å². The maximum atomic E-state index is 12.1. The van der Waals surface area contributed by atoms with Gasteiger partial charge >= 0.3 is 5.97 Å². The number of hydrogen-bond acceptors (Lipinski definition) is 5. The average Bonchev–Trinajstić information content (AvgIpc) is 2.27. The number of ether oxygens (including phenoxy) is 1. The van der Waals surface area contributed by atoms with Crippen LogP contribution in [0.4, 0.5) is 14.6 Å². The molecule has 0 aliphatic carbocycles. The lowest BCUT2D eigenvalue weighted by Gasteiger charge is -2.16. The Kier molecular flexibility index (Phi) is 4.10. The molecule has 0 N–H and O–H groups in total. The maximum Gasteiger partial charge on any atom is 0.358 e. The van der Waals surface area contributed by atoms with E-state index in [0.29, 0.717) is 0 Å². The third-order valence-electron chi connectivity index (χ3n) is 1.84. The molecule has 0 bridgehead atoms. The fraction of sp³-hybridized carbons (Fsp3) is 0.444. The van der Waals surface area contributed by atoms with Crippen molar-refractivity contribution < 1.29 is 18.3 Å². The Labute approximate surface area is 91.1 Å². The molecule has 0 aliphatic rings. The van der Waals surface area contributed by atoms with Crippen molar-refractivity contribution in [2.24, 2.45) is 0 Å². The van der Waals surface area contributed by atoms with Crippen LogP contribution in [0.3, 0.4) is 0 Å². The van der Waals surface area contributed by atoms with Gasteiger partial charge in [-0.1, -0.05) is 0 Å². The van der Waals surface area contributed by atoms with E-state index >= 15 is 0 Å². The van der Waals surface area contributed by atoms with Crippen molar-refractivity contribution >= 4 is 11.8 Å². The van der Waals surface area contributed by atoms with Crippen LogP contribution in [0.25, 0.3) is 0 Å². The first kappa shape index (κ1) is 12.3. The van der Waals surface area contributed by atoms with Gasteiger partial charge in [0.1, 0.15) is 5.82 Å². The summed E-state index contributed by atoms with van der Waals surface area (Å²) in [5.41, 5.74) is 0.0386. The highest BCUT2D eigenvalue weighted by Gasteiger charge is 2.12. The van der Waals surface area contributed by atoms with Crippen molar-refractivity contribution in [1.29, 1.82) is 0 Å². The number of carbonyl (C=O) groups excluding carboxylic acids is 1. The van der Waals surface area contributed by atoms with Crippen LogP contribution in [0.2, 0.25) is 0 Å². The molecule has 0 aromatic carbocycles. The fourth-order valence-corrected chi connectivity index (χ4v) is 1.03. The Morgan fingerprint density at radius 3 is 2.62 bits per heavy atom. The number of methoxy groups -OCH3 is 1. The average molecular weight is 231 g/mol. The normalized spacial score (nSPS) is 10.3.